The minimum atomic E-state index is 0.0494. The van der Waals surface area contributed by atoms with Crippen molar-refractivity contribution in [1.29, 1.82) is 0 Å². The lowest BCUT2D eigenvalue weighted by atomic mass is 10.0. The summed E-state index contributed by atoms with van der Waals surface area (Å²) in [4.78, 5) is 16.2. The Bertz CT molecular complexity index is 647. The number of hydrogen-bond acceptors (Lipinski definition) is 5. The third-order valence-corrected chi connectivity index (χ3v) is 3.87. The molecule has 1 aromatic heterocycles. The van der Waals surface area contributed by atoms with E-state index in [0.29, 0.717) is 24.1 Å². The van der Waals surface area contributed by atoms with Crippen molar-refractivity contribution in [3.05, 3.63) is 30.2 Å². The Kier molecular flexibility index (Phi) is 4.48. The number of amides is 1. The molecule has 3 rings (SSSR count). The van der Waals surface area contributed by atoms with Crippen LogP contribution in [0.4, 0.5) is 5.69 Å². The Morgan fingerprint density at radius 3 is 3.14 bits per heavy atom. The van der Waals surface area contributed by atoms with Gasteiger partial charge < -0.3 is 15.2 Å². The summed E-state index contributed by atoms with van der Waals surface area (Å²) in [5.41, 5.74) is 1.59. The first-order chi connectivity index (χ1) is 10.7. The summed E-state index contributed by atoms with van der Waals surface area (Å²) in [6, 6.07) is 7.49. The third kappa shape index (κ3) is 3.71. The predicted octanol–water partition coefficient (Wildman–Crippen LogP) is 2.37. The fraction of sp³-hybridized carbons (Fsp3) is 0.438. The highest BCUT2D eigenvalue weighted by Crippen LogP contribution is 2.21. The summed E-state index contributed by atoms with van der Waals surface area (Å²) in [5.74, 6) is 1.73. The number of hydrogen-bond donors (Lipinski definition) is 2. The van der Waals surface area contributed by atoms with Gasteiger partial charge >= 0.3 is 0 Å². The summed E-state index contributed by atoms with van der Waals surface area (Å²) < 4.78 is 4.98. The van der Waals surface area contributed by atoms with Gasteiger partial charge in [-0.05, 0) is 44.0 Å². The Morgan fingerprint density at radius 2 is 2.41 bits per heavy atom. The van der Waals surface area contributed by atoms with Crippen molar-refractivity contribution in [2.24, 2.45) is 5.92 Å². The highest BCUT2D eigenvalue weighted by Gasteiger charge is 2.16. The lowest BCUT2D eigenvalue weighted by Crippen LogP contribution is -2.15. The van der Waals surface area contributed by atoms with Crippen molar-refractivity contribution in [1.82, 2.24) is 15.5 Å². The minimum absolute atomic E-state index is 0.0494. The molecule has 116 valence electrons. The molecular formula is C16H20N4O2. The molecule has 0 spiro atoms. The van der Waals surface area contributed by atoms with E-state index in [0.717, 1.165) is 30.8 Å². The van der Waals surface area contributed by atoms with Crippen LogP contribution in [0.3, 0.4) is 0 Å². The molecule has 0 saturated carbocycles. The van der Waals surface area contributed by atoms with Gasteiger partial charge in [0.2, 0.25) is 17.6 Å². The van der Waals surface area contributed by atoms with Crippen molar-refractivity contribution in [2.75, 3.05) is 18.4 Å². The van der Waals surface area contributed by atoms with Crippen LogP contribution in [0.2, 0.25) is 0 Å². The van der Waals surface area contributed by atoms with E-state index in [1.807, 2.05) is 24.3 Å². The van der Waals surface area contributed by atoms with Gasteiger partial charge in [-0.3, -0.25) is 4.79 Å². The summed E-state index contributed by atoms with van der Waals surface area (Å²) >= 11 is 0. The number of aryl methyl sites for hydroxylation is 1. The van der Waals surface area contributed by atoms with Crippen molar-refractivity contribution >= 4 is 11.6 Å². The highest BCUT2D eigenvalue weighted by atomic mass is 16.5. The molecule has 1 unspecified atom stereocenters. The Balaban J connectivity index is 1.58. The molecule has 0 bridgehead atoms. The van der Waals surface area contributed by atoms with Gasteiger partial charge in [-0.1, -0.05) is 17.3 Å². The number of rotatable bonds is 5. The van der Waals surface area contributed by atoms with E-state index in [4.69, 9.17) is 4.52 Å². The van der Waals surface area contributed by atoms with Crippen LogP contribution in [0.5, 0.6) is 0 Å². The highest BCUT2D eigenvalue weighted by molar-refractivity contribution is 5.91. The quantitative estimate of drug-likeness (QED) is 0.886. The zero-order chi connectivity index (χ0) is 15.4. The summed E-state index contributed by atoms with van der Waals surface area (Å²) in [6.45, 7) is 3.85. The topological polar surface area (TPSA) is 80.0 Å². The van der Waals surface area contributed by atoms with E-state index >= 15 is 0 Å². The van der Waals surface area contributed by atoms with Gasteiger partial charge in [-0.15, -0.1) is 0 Å². The normalized spacial score (nSPS) is 17.6. The number of carbonyl (C=O) groups excluding carboxylic acids is 1. The second-order valence-electron chi connectivity index (χ2n) is 5.66. The zero-order valence-electron chi connectivity index (χ0n) is 12.6. The molecular weight excluding hydrogens is 280 g/mol. The monoisotopic (exact) mass is 300 g/mol. The first kappa shape index (κ1) is 14.7. The lowest BCUT2D eigenvalue weighted by Gasteiger charge is -2.09. The van der Waals surface area contributed by atoms with Crippen LogP contribution in [0.15, 0.2) is 28.8 Å². The number of carbonyl (C=O) groups is 1. The molecule has 2 aromatic rings. The second-order valence-corrected chi connectivity index (χ2v) is 5.66. The summed E-state index contributed by atoms with van der Waals surface area (Å²) in [7, 11) is 0. The fourth-order valence-electron chi connectivity index (χ4n) is 2.67. The number of benzene rings is 1. The largest absolute Gasteiger partial charge is 0.339 e. The van der Waals surface area contributed by atoms with E-state index in [9.17, 15) is 4.79 Å². The van der Waals surface area contributed by atoms with Gasteiger partial charge in [0, 0.05) is 24.6 Å². The van der Waals surface area contributed by atoms with E-state index in [1.54, 1.807) is 6.92 Å². The zero-order valence-corrected chi connectivity index (χ0v) is 12.6. The Labute approximate surface area is 129 Å². The predicted molar refractivity (Wildman–Crippen MR) is 83.3 cm³/mol. The van der Waals surface area contributed by atoms with E-state index < -0.39 is 0 Å². The molecule has 6 nitrogen and oxygen atoms in total. The average molecular weight is 300 g/mol. The number of nitrogens with zero attached hydrogens (tertiary/aromatic N) is 2. The van der Waals surface area contributed by atoms with Crippen LogP contribution in [-0.4, -0.2) is 29.1 Å². The van der Waals surface area contributed by atoms with Crippen LogP contribution in [0, 0.1) is 12.8 Å². The summed E-state index contributed by atoms with van der Waals surface area (Å²) in [5, 5.41) is 10.1. The standard InChI is InChI=1S/C16H20N4O2/c1-11-18-16(20-22-11)13-3-2-4-14(9-13)19-15(21)6-5-12-7-8-17-10-12/h2-4,9,12,17H,5-8,10H2,1H3,(H,19,21). The maximum absolute atomic E-state index is 12.0. The maximum atomic E-state index is 12.0. The van der Waals surface area contributed by atoms with Crippen LogP contribution in [0.1, 0.15) is 25.2 Å². The first-order valence-electron chi connectivity index (χ1n) is 7.62. The Hall–Kier alpha value is -2.21. The number of anilines is 1. The van der Waals surface area contributed by atoms with E-state index in [-0.39, 0.29) is 5.91 Å². The first-order valence-corrected chi connectivity index (χ1v) is 7.62. The van der Waals surface area contributed by atoms with Crippen molar-refractivity contribution in [3.8, 4) is 11.4 Å². The molecule has 2 heterocycles. The molecule has 0 aliphatic carbocycles. The van der Waals surface area contributed by atoms with Crippen molar-refractivity contribution in [2.45, 2.75) is 26.2 Å². The molecule has 2 N–H and O–H groups in total. The lowest BCUT2D eigenvalue weighted by molar-refractivity contribution is -0.116. The molecule has 1 saturated heterocycles. The molecule has 1 aliphatic heterocycles. The molecule has 22 heavy (non-hydrogen) atoms. The molecule has 1 amide bonds. The maximum Gasteiger partial charge on any atom is 0.224 e. The third-order valence-electron chi connectivity index (χ3n) is 3.87. The molecule has 1 fully saturated rings. The number of nitrogens with one attached hydrogen (secondary N) is 2. The fourth-order valence-corrected chi connectivity index (χ4v) is 2.67. The smallest absolute Gasteiger partial charge is 0.224 e. The second kappa shape index (κ2) is 6.70. The molecule has 1 aliphatic rings. The van der Waals surface area contributed by atoms with Gasteiger partial charge in [0.05, 0.1) is 0 Å². The molecule has 1 atom stereocenters. The van der Waals surface area contributed by atoms with Crippen LogP contribution < -0.4 is 10.6 Å². The minimum Gasteiger partial charge on any atom is -0.339 e. The van der Waals surface area contributed by atoms with E-state index in [1.165, 1.54) is 6.42 Å². The van der Waals surface area contributed by atoms with Crippen LogP contribution in [-0.2, 0) is 4.79 Å². The van der Waals surface area contributed by atoms with Gasteiger partial charge in [-0.2, -0.15) is 4.98 Å². The van der Waals surface area contributed by atoms with Crippen molar-refractivity contribution < 1.29 is 9.32 Å². The average Bonchev–Trinajstić information content (AvgIpc) is 3.17. The SMILES string of the molecule is Cc1nc(-c2cccc(NC(=O)CCC3CCNC3)c2)no1. The molecule has 6 heteroatoms. The Morgan fingerprint density at radius 1 is 1.50 bits per heavy atom. The summed E-state index contributed by atoms with van der Waals surface area (Å²) in [6.07, 6.45) is 2.65. The molecule has 1 aromatic carbocycles. The van der Waals surface area contributed by atoms with Crippen LogP contribution >= 0.6 is 0 Å². The van der Waals surface area contributed by atoms with Gasteiger partial charge in [0.1, 0.15) is 0 Å². The van der Waals surface area contributed by atoms with Crippen molar-refractivity contribution in [3.63, 3.8) is 0 Å². The molecule has 0 radical (unpaired) electrons. The van der Waals surface area contributed by atoms with Gasteiger partial charge in [0.15, 0.2) is 0 Å². The van der Waals surface area contributed by atoms with Gasteiger partial charge in [-0.25, -0.2) is 0 Å². The van der Waals surface area contributed by atoms with Crippen LogP contribution in [0.25, 0.3) is 11.4 Å². The number of aromatic nitrogens is 2. The van der Waals surface area contributed by atoms with E-state index in [2.05, 4.69) is 20.8 Å². The van der Waals surface area contributed by atoms with Gasteiger partial charge in [0.25, 0.3) is 0 Å².